The fourth-order valence-electron chi connectivity index (χ4n) is 4.38. The standard InChI is InChI=1S/C28H23FN8S/c1-15-21(29)12-20-18(8-10-32-28(20)36-17-6-7-24-23(11-17)35-16(2)38-24)26(15)37-27-19(5-4-9-31-27)22-13-25(30-3)34-14-33-22/h4-14H,1-3H3,(H,31,37)(H,32,36)(H,30,33,34). The summed E-state index contributed by atoms with van der Waals surface area (Å²) >= 11 is 1.65. The van der Waals surface area contributed by atoms with E-state index in [0.29, 0.717) is 39.8 Å². The van der Waals surface area contributed by atoms with E-state index >= 15 is 4.39 Å². The highest BCUT2D eigenvalue weighted by Crippen LogP contribution is 2.37. The second-order valence-corrected chi connectivity index (χ2v) is 9.95. The molecule has 0 atom stereocenters. The molecule has 0 unspecified atom stereocenters. The van der Waals surface area contributed by atoms with Crippen LogP contribution in [0.25, 0.3) is 32.2 Å². The number of halogens is 1. The highest BCUT2D eigenvalue weighted by atomic mass is 32.1. The smallest absolute Gasteiger partial charge is 0.139 e. The normalized spacial score (nSPS) is 11.2. The Morgan fingerprint density at radius 3 is 2.58 bits per heavy atom. The lowest BCUT2D eigenvalue weighted by Gasteiger charge is -2.17. The zero-order valence-corrected chi connectivity index (χ0v) is 21.7. The third kappa shape index (κ3) is 4.35. The summed E-state index contributed by atoms with van der Waals surface area (Å²) in [5.41, 5.74) is 4.28. The highest BCUT2D eigenvalue weighted by Gasteiger charge is 2.17. The second-order valence-electron chi connectivity index (χ2n) is 8.72. The average molecular weight is 523 g/mol. The van der Waals surface area contributed by atoms with E-state index in [-0.39, 0.29) is 5.82 Å². The number of rotatable bonds is 6. The number of hydrogen-bond acceptors (Lipinski definition) is 9. The molecule has 0 spiro atoms. The van der Waals surface area contributed by atoms with Crippen LogP contribution in [0.4, 0.5) is 33.2 Å². The lowest BCUT2D eigenvalue weighted by molar-refractivity contribution is 0.621. The Hall–Kier alpha value is -4.70. The Morgan fingerprint density at radius 1 is 0.842 bits per heavy atom. The molecule has 0 bridgehead atoms. The summed E-state index contributed by atoms with van der Waals surface area (Å²) in [7, 11) is 1.80. The Balaban J connectivity index is 1.43. The van der Waals surface area contributed by atoms with E-state index in [1.165, 1.54) is 12.4 Å². The minimum absolute atomic E-state index is 0.349. The largest absolute Gasteiger partial charge is 0.373 e. The number of anilines is 5. The third-order valence-electron chi connectivity index (χ3n) is 6.27. The molecule has 6 rings (SSSR count). The minimum Gasteiger partial charge on any atom is -0.373 e. The van der Waals surface area contributed by atoms with E-state index in [9.17, 15) is 0 Å². The zero-order valence-electron chi connectivity index (χ0n) is 20.9. The molecule has 38 heavy (non-hydrogen) atoms. The number of benzene rings is 2. The Labute approximate surface area is 222 Å². The SMILES string of the molecule is CNc1cc(-c2cccnc2Nc2c(C)c(F)cc3c(Nc4ccc5sc(C)nc5c4)nccc23)ncn1. The van der Waals surface area contributed by atoms with E-state index in [1.807, 2.05) is 49.4 Å². The zero-order chi connectivity index (χ0) is 26.2. The monoisotopic (exact) mass is 522 g/mol. The Kier molecular flexibility index (Phi) is 6.01. The lowest BCUT2D eigenvalue weighted by atomic mass is 10.0. The quantitative estimate of drug-likeness (QED) is 0.215. The third-order valence-corrected chi connectivity index (χ3v) is 7.22. The summed E-state index contributed by atoms with van der Waals surface area (Å²) in [6.07, 6.45) is 4.89. The molecule has 4 heterocycles. The van der Waals surface area contributed by atoms with Gasteiger partial charge in [-0.1, -0.05) is 0 Å². The molecule has 3 N–H and O–H groups in total. The van der Waals surface area contributed by atoms with Crippen LogP contribution in [0, 0.1) is 19.7 Å². The predicted molar refractivity (Wildman–Crippen MR) is 152 cm³/mol. The van der Waals surface area contributed by atoms with Gasteiger partial charge in [-0.2, -0.15) is 0 Å². The van der Waals surface area contributed by atoms with Crippen molar-refractivity contribution in [1.82, 2.24) is 24.9 Å². The van der Waals surface area contributed by atoms with Crippen molar-refractivity contribution in [2.24, 2.45) is 0 Å². The summed E-state index contributed by atoms with van der Waals surface area (Å²) in [6.45, 7) is 3.73. The molecule has 0 saturated heterocycles. The number of aromatic nitrogens is 5. The van der Waals surface area contributed by atoms with Gasteiger partial charge in [0.25, 0.3) is 0 Å². The average Bonchev–Trinajstić information content (AvgIpc) is 3.31. The first kappa shape index (κ1) is 23.7. The van der Waals surface area contributed by atoms with Crippen molar-refractivity contribution in [1.29, 1.82) is 0 Å². The van der Waals surface area contributed by atoms with Crippen LogP contribution in [0.1, 0.15) is 10.6 Å². The predicted octanol–water partition coefficient (Wildman–Crippen LogP) is 6.98. The maximum absolute atomic E-state index is 15.3. The number of hydrogen-bond donors (Lipinski definition) is 3. The van der Waals surface area contributed by atoms with E-state index in [0.717, 1.165) is 31.9 Å². The van der Waals surface area contributed by atoms with Gasteiger partial charge >= 0.3 is 0 Å². The number of fused-ring (bicyclic) bond motifs is 2. The Bertz CT molecular complexity index is 1820. The molecule has 0 aliphatic carbocycles. The molecule has 10 heteroatoms. The van der Waals surface area contributed by atoms with Crippen molar-refractivity contribution >= 4 is 61.2 Å². The van der Waals surface area contributed by atoms with Gasteiger partial charge in [0.15, 0.2) is 0 Å². The van der Waals surface area contributed by atoms with Crippen LogP contribution in [-0.4, -0.2) is 32.0 Å². The van der Waals surface area contributed by atoms with Gasteiger partial charge in [0.2, 0.25) is 0 Å². The summed E-state index contributed by atoms with van der Waals surface area (Å²) in [5.74, 6) is 1.44. The van der Waals surface area contributed by atoms with Gasteiger partial charge in [0.1, 0.15) is 29.6 Å². The van der Waals surface area contributed by atoms with Crippen molar-refractivity contribution in [3.8, 4) is 11.3 Å². The number of aryl methyl sites for hydroxylation is 1. The molecule has 4 aromatic heterocycles. The lowest BCUT2D eigenvalue weighted by Crippen LogP contribution is -2.03. The molecule has 188 valence electrons. The van der Waals surface area contributed by atoms with Crippen LogP contribution in [-0.2, 0) is 0 Å². The molecule has 8 nitrogen and oxygen atoms in total. The van der Waals surface area contributed by atoms with Gasteiger partial charge in [0.05, 0.1) is 26.6 Å². The molecule has 6 aromatic rings. The first-order valence-electron chi connectivity index (χ1n) is 11.9. The maximum atomic E-state index is 15.3. The van der Waals surface area contributed by atoms with Crippen molar-refractivity contribution < 1.29 is 4.39 Å². The van der Waals surface area contributed by atoms with Crippen molar-refractivity contribution in [2.45, 2.75) is 13.8 Å². The molecule has 0 fully saturated rings. The van der Waals surface area contributed by atoms with Crippen molar-refractivity contribution in [2.75, 3.05) is 23.0 Å². The molecular weight excluding hydrogens is 499 g/mol. The van der Waals surface area contributed by atoms with Crippen LogP contribution in [0.3, 0.4) is 0 Å². The summed E-state index contributed by atoms with van der Waals surface area (Å²) in [5, 5.41) is 12.2. The molecule has 0 aliphatic heterocycles. The number of pyridine rings is 2. The number of thiazole rings is 1. The topological polar surface area (TPSA) is 101 Å². The van der Waals surface area contributed by atoms with Gasteiger partial charge in [-0.15, -0.1) is 11.3 Å². The molecule has 0 saturated carbocycles. The maximum Gasteiger partial charge on any atom is 0.139 e. The summed E-state index contributed by atoms with van der Waals surface area (Å²) < 4.78 is 16.4. The fraction of sp³-hybridized carbons (Fsp3) is 0.107. The Morgan fingerprint density at radius 2 is 1.71 bits per heavy atom. The number of nitrogens with zero attached hydrogens (tertiary/aromatic N) is 5. The van der Waals surface area contributed by atoms with Crippen LogP contribution < -0.4 is 16.0 Å². The highest BCUT2D eigenvalue weighted by molar-refractivity contribution is 7.18. The first-order chi connectivity index (χ1) is 18.5. The van der Waals surface area contributed by atoms with Gasteiger partial charge in [0, 0.05) is 53.1 Å². The molecule has 0 aliphatic rings. The number of nitrogens with one attached hydrogen (secondary N) is 3. The first-order valence-corrected chi connectivity index (χ1v) is 12.8. The molecular formula is C28H23FN8S. The van der Waals surface area contributed by atoms with Crippen LogP contribution in [0.15, 0.2) is 67.3 Å². The summed E-state index contributed by atoms with van der Waals surface area (Å²) in [4.78, 5) is 22.3. The van der Waals surface area contributed by atoms with Gasteiger partial charge < -0.3 is 16.0 Å². The fourth-order valence-corrected chi connectivity index (χ4v) is 5.19. The molecule has 0 amide bonds. The second kappa shape index (κ2) is 9.64. The molecule has 0 radical (unpaired) electrons. The van der Waals surface area contributed by atoms with Gasteiger partial charge in [-0.05, 0) is 56.3 Å². The van der Waals surface area contributed by atoms with Crippen LogP contribution in [0.2, 0.25) is 0 Å². The van der Waals surface area contributed by atoms with Crippen LogP contribution >= 0.6 is 11.3 Å². The summed E-state index contributed by atoms with van der Waals surface area (Å²) in [6, 6.07) is 15.0. The van der Waals surface area contributed by atoms with Crippen molar-refractivity contribution in [3.05, 3.63) is 83.6 Å². The van der Waals surface area contributed by atoms with E-state index < -0.39 is 0 Å². The minimum atomic E-state index is -0.349. The van der Waals surface area contributed by atoms with E-state index in [4.69, 9.17) is 0 Å². The van der Waals surface area contributed by atoms with E-state index in [1.54, 1.807) is 37.7 Å². The van der Waals surface area contributed by atoms with Gasteiger partial charge in [-0.25, -0.2) is 29.3 Å². The van der Waals surface area contributed by atoms with Crippen molar-refractivity contribution in [3.63, 3.8) is 0 Å². The van der Waals surface area contributed by atoms with E-state index in [2.05, 4.69) is 40.9 Å². The van der Waals surface area contributed by atoms with Crippen LogP contribution in [0.5, 0.6) is 0 Å². The molecule has 2 aromatic carbocycles. The van der Waals surface area contributed by atoms with Gasteiger partial charge in [-0.3, -0.25) is 0 Å².